The van der Waals surface area contributed by atoms with Crippen LogP contribution in [0.3, 0.4) is 0 Å². The van der Waals surface area contributed by atoms with Gasteiger partial charge in [-0.2, -0.15) is 0 Å². The zero-order valence-corrected chi connectivity index (χ0v) is 11.3. The Labute approximate surface area is 78.7 Å². The molecule has 0 aliphatic heterocycles. The fraction of sp³-hybridized carbons (Fsp3) is 0.750. The van der Waals surface area contributed by atoms with Crippen molar-refractivity contribution in [2.45, 2.75) is 13.8 Å². The molecule has 0 heterocycles. The number of ether oxygens (including phenoxy) is 1. The van der Waals surface area contributed by atoms with Crippen molar-refractivity contribution in [2.75, 3.05) is 6.61 Å². The fourth-order valence-corrected chi connectivity index (χ4v) is 0.203. The summed E-state index contributed by atoms with van der Waals surface area (Å²) in [6.07, 6.45) is 0. The van der Waals surface area contributed by atoms with Crippen molar-refractivity contribution in [3.8, 4) is 0 Å². The van der Waals surface area contributed by atoms with E-state index in [0.29, 0.717) is 6.61 Å². The fourth-order valence-electron chi connectivity index (χ4n) is 0.203. The second-order valence-electron chi connectivity index (χ2n) is 1.17. The molecule has 0 atom stereocenters. The average Bonchev–Trinajstić information content (AvgIpc) is 1.62. The van der Waals surface area contributed by atoms with Gasteiger partial charge < -0.3 is 4.74 Å². The summed E-state index contributed by atoms with van der Waals surface area (Å²) in [7, 11) is 15.0. The van der Waals surface area contributed by atoms with Crippen LogP contribution >= 0.6 is 26.8 Å². The second kappa shape index (κ2) is 10.1. The van der Waals surface area contributed by atoms with Crippen LogP contribution in [-0.2, 0) is 9.53 Å². The predicted molar refractivity (Wildman–Crippen MR) is 47.0 cm³/mol. The molecule has 0 aromatic carbocycles. The molecule has 0 bridgehead atoms. The first kappa shape index (κ1) is 13.7. The summed E-state index contributed by atoms with van der Waals surface area (Å²) >= 11 is -2.22. The van der Waals surface area contributed by atoms with Crippen LogP contribution in [0, 0.1) is 0 Å². The maximum absolute atomic E-state index is 9.82. The van der Waals surface area contributed by atoms with E-state index >= 15 is 0 Å². The number of halogens is 3. The van der Waals surface area contributed by atoms with Gasteiger partial charge in [0.15, 0.2) is 0 Å². The van der Waals surface area contributed by atoms with Crippen LogP contribution in [0.25, 0.3) is 0 Å². The first-order valence-corrected chi connectivity index (χ1v) is 15.1. The Hall–Kier alpha value is 1.14. The van der Waals surface area contributed by atoms with Gasteiger partial charge in [0.25, 0.3) is 0 Å². The molecule has 0 radical (unpaired) electrons. The summed E-state index contributed by atoms with van der Waals surface area (Å²) in [6, 6.07) is 0. The van der Waals surface area contributed by atoms with Crippen molar-refractivity contribution in [3.05, 3.63) is 0 Å². The van der Waals surface area contributed by atoms with Gasteiger partial charge in [-0.3, -0.25) is 4.79 Å². The van der Waals surface area contributed by atoms with Crippen LogP contribution in [-0.4, -0.2) is 29.0 Å². The molecular weight excluding hydrogens is 305 g/mol. The summed E-state index contributed by atoms with van der Waals surface area (Å²) in [5.74, 6) is -0.211. The standard InChI is InChI=1S/C4H8O2.3ClH.Sn.H/c1-3-6-4(2)5;;;;;/h3H2,1-2H3;3*1H;;/q;;;;+3;/p-3. The van der Waals surface area contributed by atoms with E-state index in [1.807, 2.05) is 0 Å². The normalized spacial score (nSPS) is 8.20. The molecule has 0 N–H and O–H groups in total. The van der Waals surface area contributed by atoms with Crippen LogP contribution in [0.2, 0.25) is 0 Å². The molecule has 0 aliphatic rings. The van der Waals surface area contributed by atoms with E-state index in [4.69, 9.17) is 26.8 Å². The maximum atomic E-state index is 9.82. The summed E-state index contributed by atoms with van der Waals surface area (Å²) in [6.45, 7) is 3.65. The van der Waals surface area contributed by atoms with Gasteiger partial charge in [0.2, 0.25) is 0 Å². The number of hydrogen-bond donors (Lipinski definition) is 0. The first-order chi connectivity index (χ1) is 4.50. The average molecular weight is 314 g/mol. The molecule has 0 rings (SSSR count). The zero-order chi connectivity index (χ0) is 8.57. The first-order valence-electron chi connectivity index (χ1n) is 2.56. The SMILES string of the molecule is CCOC(C)=O.[Cl][SnH]([Cl])[Cl]. The Morgan fingerprint density at radius 2 is 1.80 bits per heavy atom. The molecule has 0 aromatic heterocycles. The zero-order valence-electron chi connectivity index (χ0n) is 5.73. The summed E-state index contributed by atoms with van der Waals surface area (Å²) in [5.41, 5.74) is 0. The van der Waals surface area contributed by atoms with Crippen molar-refractivity contribution < 1.29 is 9.53 Å². The third-order valence-corrected chi connectivity index (χ3v) is 0.348. The van der Waals surface area contributed by atoms with Gasteiger partial charge in [0, 0.05) is 6.92 Å². The minimum absolute atomic E-state index is 0.211. The van der Waals surface area contributed by atoms with Gasteiger partial charge in [-0.25, -0.2) is 0 Å². The number of hydrogen-bond acceptors (Lipinski definition) is 2. The topological polar surface area (TPSA) is 26.3 Å². The van der Waals surface area contributed by atoms with Crippen molar-refractivity contribution >= 4 is 49.1 Å². The molecule has 0 aliphatic carbocycles. The van der Waals surface area contributed by atoms with E-state index in [9.17, 15) is 4.79 Å². The molecular formula is C4H9Cl3O2Sn. The molecule has 10 heavy (non-hydrogen) atoms. The van der Waals surface area contributed by atoms with Crippen LogP contribution in [0.1, 0.15) is 13.8 Å². The van der Waals surface area contributed by atoms with Gasteiger partial charge in [0.05, 0.1) is 6.61 Å². The van der Waals surface area contributed by atoms with Crippen LogP contribution < -0.4 is 0 Å². The van der Waals surface area contributed by atoms with Crippen molar-refractivity contribution in [1.29, 1.82) is 0 Å². The molecule has 0 saturated heterocycles. The molecule has 0 unspecified atom stereocenters. The summed E-state index contributed by atoms with van der Waals surface area (Å²) in [4.78, 5) is 9.82. The Morgan fingerprint density at radius 1 is 1.50 bits per heavy atom. The van der Waals surface area contributed by atoms with Gasteiger partial charge in [-0.15, -0.1) is 0 Å². The van der Waals surface area contributed by atoms with E-state index in [1.54, 1.807) is 6.92 Å². The van der Waals surface area contributed by atoms with Crippen molar-refractivity contribution in [3.63, 3.8) is 0 Å². The van der Waals surface area contributed by atoms with E-state index in [0.717, 1.165) is 0 Å². The molecule has 2 nitrogen and oxygen atoms in total. The quantitative estimate of drug-likeness (QED) is 0.546. The van der Waals surface area contributed by atoms with Crippen LogP contribution in [0.5, 0.6) is 0 Å². The molecule has 0 saturated carbocycles. The van der Waals surface area contributed by atoms with Gasteiger partial charge >= 0.3 is 49.1 Å². The predicted octanol–water partition coefficient (Wildman–Crippen LogP) is 1.99. The van der Waals surface area contributed by atoms with Gasteiger partial charge in [-0.05, 0) is 6.92 Å². The van der Waals surface area contributed by atoms with Crippen molar-refractivity contribution in [1.82, 2.24) is 0 Å². The Bertz CT molecular complexity index is 85.8. The summed E-state index contributed by atoms with van der Waals surface area (Å²) < 4.78 is 4.40. The van der Waals surface area contributed by atoms with Crippen molar-refractivity contribution in [2.24, 2.45) is 0 Å². The minimum atomic E-state index is -2.22. The molecule has 0 fully saturated rings. The monoisotopic (exact) mass is 314 g/mol. The second-order valence-corrected chi connectivity index (χ2v) is 15.9. The van der Waals surface area contributed by atoms with E-state index in [1.165, 1.54) is 6.92 Å². The number of carbonyl (C=O) groups excluding carboxylic acids is 1. The number of esters is 1. The number of carbonyl (C=O) groups is 1. The van der Waals surface area contributed by atoms with Crippen LogP contribution in [0.15, 0.2) is 0 Å². The Morgan fingerprint density at radius 3 is 1.80 bits per heavy atom. The number of rotatable bonds is 1. The molecule has 0 amide bonds. The van der Waals surface area contributed by atoms with E-state index in [2.05, 4.69) is 4.74 Å². The van der Waals surface area contributed by atoms with E-state index < -0.39 is 16.4 Å². The molecule has 0 spiro atoms. The third kappa shape index (κ3) is 35.3. The van der Waals surface area contributed by atoms with Gasteiger partial charge in [-0.1, -0.05) is 0 Å². The molecule has 62 valence electrons. The van der Waals surface area contributed by atoms with Crippen LogP contribution in [0.4, 0.5) is 0 Å². The Kier molecular flexibility index (Phi) is 13.9. The molecule has 0 aromatic rings. The summed E-state index contributed by atoms with van der Waals surface area (Å²) in [5, 5.41) is 0. The molecule has 6 heteroatoms. The Balaban J connectivity index is 0. The third-order valence-electron chi connectivity index (χ3n) is 0.348. The van der Waals surface area contributed by atoms with Gasteiger partial charge in [0.1, 0.15) is 0 Å². The van der Waals surface area contributed by atoms with E-state index in [-0.39, 0.29) is 5.97 Å².